The number of anilines is 1. The summed E-state index contributed by atoms with van der Waals surface area (Å²) in [7, 11) is 0. The SMILES string of the molecule is C=CCOc1cccc(NC(=O)CNC2CCCCC2)c1. The zero-order valence-electron chi connectivity index (χ0n) is 12.4. The maximum Gasteiger partial charge on any atom is 0.238 e. The summed E-state index contributed by atoms with van der Waals surface area (Å²) in [5, 5.41) is 6.23. The highest BCUT2D eigenvalue weighted by molar-refractivity contribution is 5.92. The fourth-order valence-corrected chi connectivity index (χ4v) is 2.57. The first-order valence-corrected chi connectivity index (χ1v) is 7.65. The molecule has 1 fully saturated rings. The van der Waals surface area contributed by atoms with E-state index in [1.807, 2.05) is 24.3 Å². The second-order valence-electron chi connectivity index (χ2n) is 5.39. The number of rotatable bonds is 7. The van der Waals surface area contributed by atoms with Crippen molar-refractivity contribution < 1.29 is 9.53 Å². The van der Waals surface area contributed by atoms with Gasteiger partial charge in [-0.1, -0.05) is 38.0 Å². The molecule has 1 amide bonds. The second kappa shape index (κ2) is 8.47. The largest absolute Gasteiger partial charge is 0.489 e. The van der Waals surface area contributed by atoms with Gasteiger partial charge in [-0.25, -0.2) is 0 Å². The highest BCUT2D eigenvalue weighted by Crippen LogP contribution is 2.18. The third-order valence-electron chi connectivity index (χ3n) is 3.64. The molecule has 0 unspecified atom stereocenters. The van der Waals surface area contributed by atoms with Crippen LogP contribution in [0.1, 0.15) is 32.1 Å². The van der Waals surface area contributed by atoms with E-state index >= 15 is 0 Å². The van der Waals surface area contributed by atoms with Crippen LogP contribution in [0.4, 0.5) is 5.69 Å². The van der Waals surface area contributed by atoms with E-state index in [0.717, 1.165) is 11.4 Å². The van der Waals surface area contributed by atoms with Crippen molar-refractivity contribution in [3.05, 3.63) is 36.9 Å². The van der Waals surface area contributed by atoms with Gasteiger partial charge in [-0.15, -0.1) is 0 Å². The van der Waals surface area contributed by atoms with Gasteiger partial charge in [0.05, 0.1) is 6.54 Å². The molecule has 0 aliphatic heterocycles. The third-order valence-corrected chi connectivity index (χ3v) is 3.64. The number of ether oxygens (including phenoxy) is 1. The van der Waals surface area contributed by atoms with Crippen molar-refractivity contribution in [1.82, 2.24) is 5.32 Å². The van der Waals surface area contributed by atoms with Gasteiger partial charge in [0.25, 0.3) is 0 Å². The lowest BCUT2D eigenvalue weighted by atomic mass is 9.95. The molecule has 21 heavy (non-hydrogen) atoms. The molecule has 0 atom stereocenters. The lowest BCUT2D eigenvalue weighted by Gasteiger charge is -2.22. The minimum atomic E-state index is -0.0126. The number of carbonyl (C=O) groups excluding carboxylic acids is 1. The van der Waals surface area contributed by atoms with Crippen molar-refractivity contribution in [2.45, 2.75) is 38.1 Å². The fraction of sp³-hybridized carbons (Fsp3) is 0.471. The van der Waals surface area contributed by atoms with E-state index in [1.54, 1.807) is 6.08 Å². The summed E-state index contributed by atoms with van der Waals surface area (Å²) < 4.78 is 5.45. The Balaban J connectivity index is 1.77. The third kappa shape index (κ3) is 5.60. The predicted molar refractivity (Wildman–Crippen MR) is 85.6 cm³/mol. The van der Waals surface area contributed by atoms with Crippen molar-refractivity contribution in [3.63, 3.8) is 0 Å². The van der Waals surface area contributed by atoms with Crippen molar-refractivity contribution in [3.8, 4) is 5.75 Å². The number of benzene rings is 1. The molecular weight excluding hydrogens is 264 g/mol. The fourth-order valence-electron chi connectivity index (χ4n) is 2.57. The monoisotopic (exact) mass is 288 g/mol. The van der Waals surface area contributed by atoms with Gasteiger partial charge in [-0.2, -0.15) is 0 Å². The van der Waals surface area contributed by atoms with Crippen LogP contribution in [-0.4, -0.2) is 25.1 Å². The van der Waals surface area contributed by atoms with Gasteiger partial charge >= 0.3 is 0 Å². The van der Waals surface area contributed by atoms with E-state index in [1.165, 1.54) is 32.1 Å². The predicted octanol–water partition coefficient (Wildman–Crippen LogP) is 3.11. The average molecular weight is 288 g/mol. The van der Waals surface area contributed by atoms with E-state index in [9.17, 15) is 4.79 Å². The lowest BCUT2D eigenvalue weighted by molar-refractivity contribution is -0.115. The van der Waals surface area contributed by atoms with Crippen molar-refractivity contribution in [2.24, 2.45) is 0 Å². The van der Waals surface area contributed by atoms with E-state index in [-0.39, 0.29) is 5.91 Å². The molecule has 4 heteroatoms. The van der Waals surface area contributed by atoms with Gasteiger partial charge in [0.2, 0.25) is 5.91 Å². The number of hydrogen-bond acceptors (Lipinski definition) is 3. The van der Waals surface area contributed by atoms with Gasteiger partial charge in [0, 0.05) is 17.8 Å². The molecule has 2 rings (SSSR count). The quantitative estimate of drug-likeness (QED) is 0.758. The molecule has 1 aliphatic rings. The van der Waals surface area contributed by atoms with Gasteiger partial charge in [0.1, 0.15) is 12.4 Å². The van der Waals surface area contributed by atoms with Gasteiger partial charge in [-0.05, 0) is 25.0 Å². The van der Waals surface area contributed by atoms with Crippen molar-refractivity contribution in [2.75, 3.05) is 18.5 Å². The molecule has 0 bridgehead atoms. The van der Waals surface area contributed by atoms with Crippen LogP contribution < -0.4 is 15.4 Å². The van der Waals surface area contributed by atoms with Crippen LogP contribution in [0.2, 0.25) is 0 Å². The summed E-state index contributed by atoms with van der Waals surface area (Å²) in [6, 6.07) is 7.90. The second-order valence-corrected chi connectivity index (χ2v) is 5.39. The molecule has 0 heterocycles. The molecule has 0 radical (unpaired) electrons. The van der Waals surface area contributed by atoms with Gasteiger partial charge in [0.15, 0.2) is 0 Å². The van der Waals surface area contributed by atoms with Crippen LogP contribution in [-0.2, 0) is 4.79 Å². The van der Waals surface area contributed by atoms with Crippen LogP contribution in [0.25, 0.3) is 0 Å². The summed E-state index contributed by atoms with van der Waals surface area (Å²) in [6.45, 7) is 4.43. The zero-order valence-corrected chi connectivity index (χ0v) is 12.4. The number of nitrogens with one attached hydrogen (secondary N) is 2. The first kappa shape index (κ1) is 15.6. The molecular formula is C17H24N2O2. The standard InChI is InChI=1S/C17H24N2O2/c1-2-11-21-16-10-6-9-15(12-16)19-17(20)13-18-14-7-4-3-5-8-14/h2,6,9-10,12,14,18H,1,3-5,7-8,11,13H2,(H,19,20). The smallest absolute Gasteiger partial charge is 0.238 e. The Bertz CT molecular complexity index is 468. The Kier molecular flexibility index (Phi) is 6.28. The lowest BCUT2D eigenvalue weighted by Crippen LogP contribution is -2.37. The number of carbonyl (C=O) groups is 1. The maximum absolute atomic E-state index is 11.9. The molecule has 0 aromatic heterocycles. The number of amides is 1. The Morgan fingerprint density at radius 3 is 2.90 bits per heavy atom. The highest BCUT2D eigenvalue weighted by atomic mass is 16.5. The summed E-state index contributed by atoms with van der Waals surface area (Å²) in [6.07, 6.45) is 7.90. The number of hydrogen-bond donors (Lipinski definition) is 2. The summed E-state index contributed by atoms with van der Waals surface area (Å²) in [5.74, 6) is 0.717. The molecule has 1 aliphatic carbocycles. The molecule has 2 N–H and O–H groups in total. The molecule has 1 aromatic rings. The summed E-state index contributed by atoms with van der Waals surface area (Å²) in [4.78, 5) is 11.9. The maximum atomic E-state index is 11.9. The molecule has 1 aromatic carbocycles. The Morgan fingerprint density at radius 2 is 2.14 bits per heavy atom. The molecule has 4 nitrogen and oxygen atoms in total. The van der Waals surface area contributed by atoms with Crippen LogP contribution in [0.15, 0.2) is 36.9 Å². The van der Waals surface area contributed by atoms with Crippen molar-refractivity contribution in [1.29, 1.82) is 0 Å². The topological polar surface area (TPSA) is 50.4 Å². The van der Waals surface area contributed by atoms with E-state index in [2.05, 4.69) is 17.2 Å². The van der Waals surface area contributed by atoms with Crippen LogP contribution >= 0.6 is 0 Å². The average Bonchev–Trinajstić information content (AvgIpc) is 2.52. The van der Waals surface area contributed by atoms with Crippen molar-refractivity contribution >= 4 is 11.6 Å². The van der Waals surface area contributed by atoms with E-state index < -0.39 is 0 Å². The first-order chi connectivity index (χ1) is 10.3. The normalized spacial score (nSPS) is 15.4. The summed E-state index contributed by atoms with van der Waals surface area (Å²) >= 11 is 0. The Labute approximate surface area is 126 Å². The minimum absolute atomic E-state index is 0.0126. The van der Waals surface area contributed by atoms with Gasteiger partial charge in [-0.3, -0.25) is 4.79 Å². The van der Waals surface area contributed by atoms with E-state index in [4.69, 9.17) is 4.74 Å². The molecule has 0 spiro atoms. The minimum Gasteiger partial charge on any atom is -0.489 e. The Hall–Kier alpha value is -1.81. The molecule has 0 saturated heterocycles. The molecule has 1 saturated carbocycles. The molecule has 114 valence electrons. The first-order valence-electron chi connectivity index (χ1n) is 7.65. The van der Waals surface area contributed by atoms with Crippen LogP contribution in [0.5, 0.6) is 5.75 Å². The zero-order chi connectivity index (χ0) is 14.9. The van der Waals surface area contributed by atoms with Crippen LogP contribution in [0.3, 0.4) is 0 Å². The Morgan fingerprint density at radius 1 is 1.33 bits per heavy atom. The van der Waals surface area contributed by atoms with Gasteiger partial charge < -0.3 is 15.4 Å². The summed E-state index contributed by atoms with van der Waals surface area (Å²) in [5.41, 5.74) is 0.756. The van der Waals surface area contributed by atoms with E-state index in [0.29, 0.717) is 19.2 Å². The van der Waals surface area contributed by atoms with Crippen LogP contribution in [0, 0.1) is 0 Å². The highest BCUT2D eigenvalue weighted by Gasteiger charge is 2.13.